The molecule has 76 valence electrons. The third kappa shape index (κ3) is 3.78. The number of nitrogens with one attached hydrogen (secondary N) is 1. The number of hydrogen-bond acceptors (Lipinski definition) is 3. The number of rotatable bonds is 2. The lowest BCUT2D eigenvalue weighted by molar-refractivity contribution is -0.136. The molecule has 1 fully saturated rings. The van der Waals surface area contributed by atoms with Crippen LogP contribution >= 0.6 is 22.9 Å². The zero-order valence-electron chi connectivity index (χ0n) is 7.92. The number of hydrogen-bond donors (Lipinski definition) is 1. The van der Waals surface area contributed by atoms with Crippen LogP contribution in [0.4, 0.5) is 0 Å². The molecule has 1 atom stereocenters. The van der Waals surface area contributed by atoms with E-state index in [4.69, 9.17) is 4.74 Å². The quantitative estimate of drug-likeness (QED) is 0.598. The van der Waals surface area contributed by atoms with E-state index in [2.05, 4.69) is 31.3 Å². The van der Waals surface area contributed by atoms with Crippen molar-refractivity contribution < 1.29 is 9.53 Å². The first-order valence-electron chi connectivity index (χ1n) is 4.42. The topological polar surface area (TPSA) is 41.6 Å². The molecule has 0 unspecified atom stereocenters. The van der Waals surface area contributed by atoms with Crippen molar-refractivity contribution >= 4 is 28.8 Å². The van der Waals surface area contributed by atoms with Crippen molar-refractivity contribution in [2.45, 2.75) is 26.0 Å². The summed E-state index contributed by atoms with van der Waals surface area (Å²) < 4.78 is 7.43. The Kier molecular flexibility index (Phi) is 4.40. The smallest absolute Gasteiger partial charge is 0.250 e. The fourth-order valence-corrected chi connectivity index (χ4v) is 1.71. The minimum absolute atomic E-state index is 0.00336. The van der Waals surface area contributed by atoms with E-state index in [1.807, 2.05) is 13.8 Å². The first kappa shape index (κ1) is 11.2. The lowest BCUT2D eigenvalue weighted by Crippen LogP contribution is -2.48. The zero-order chi connectivity index (χ0) is 9.84. The molecule has 1 aliphatic rings. The van der Waals surface area contributed by atoms with Crippen LogP contribution in [0.2, 0.25) is 0 Å². The van der Waals surface area contributed by atoms with Crippen LogP contribution in [-0.2, 0) is 9.53 Å². The number of amides is 1. The number of carbonyl (C=O) groups is 1. The van der Waals surface area contributed by atoms with E-state index < -0.39 is 0 Å². The normalized spacial score (nSPS) is 24.8. The molecular weight excluding hydrogens is 283 g/mol. The molecule has 1 heterocycles. The van der Waals surface area contributed by atoms with Crippen molar-refractivity contribution in [3.05, 3.63) is 0 Å². The van der Waals surface area contributed by atoms with Gasteiger partial charge in [-0.05, 0) is 13.8 Å². The Labute approximate surface area is 92.5 Å². The molecule has 0 aromatic heterocycles. The summed E-state index contributed by atoms with van der Waals surface area (Å²) in [4.78, 5) is 11.5. The SMILES string of the molecule is CC(C)NC(=O)[C@H]1CN(I)CCO1. The molecule has 0 bridgehead atoms. The number of nitrogens with zero attached hydrogens (tertiary/aromatic N) is 1. The van der Waals surface area contributed by atoms with Gasteiger partial charge in [0.05, 0.1) is 6.61 Å². The molecule has 5 heteroatoms. The van der Waals surface area contributed by atoms with E-state index in [1.54, 1.807) is 0 Å². The lowest BCUT2D eigenvalue weighted by Gasteiger charge is -2.28. The molecule has 4 nitrogen and oxygen atoms in total. The van der Waals surface area contributed by atoms with Gasteiger partial charge in [0.1, 0.15) is 6.10 Å². The Morgan fingerprint density at radius 3 is 2.92 bits per heavy atom. The Bertz CT molecular complexity index is 187. The highest BCUT2D eigenvalue weighted by Gasteiger charge is 2.25. The van der Waals surface area contributed by atoms with Crippen LogP contribution < -0.4 is 5.32 Å². The highest BCUT2D eigenvalue weighted by molar-refractivity contribution is 14.1. The molecule has 0 aliphatic carbocycles. The molecule has 0 aromatic rings. The third-order valence-electron chi connectivity index (χ3n) is 1.74. The molecule has 0 radical (unpaired) electrons. The van der Waals surface area contributed by atoms with Crippen molar-refractivity contribution in [3.8, 4) is 0 Å². The Hall–Kier alpha value is 0.120. The summed E-state index contributed by atoms with van der Waals surface area (Å²) >= 11 is 2.21. The molecule has 13 heavy (non-hydrogen) atoms. The molecule has 0 spiro atoms. The molecule has 0 saturated carbocycles. The first-order chi connectivity index (χ1) is 6.09. The van der Waals surface area contributed by atoms with E-state index in [0.717, 1.165) is 6.54 Å². The maximum Gasteiger partial charge on any atom is 0.250 e. The van der Waals surface area contributed by atoms with Gasteiger partial charge in [0.25, 0.3) is 5.91 Å². The van der Waals surface area contributed by atoms with Crippen LogP contribution in [0.15, 0.2) is 0 Å². The van der Waals surface area contributed by atoms with Crippen LogP contribution in [-0.4, -0.2) is 40.9 Å². The Morgan fingerprint density at radius 2 is 2.38 bits per heavy atom. The lowest BCUT2D eigenvalue weighted by atomic mass is 10.2. The van der Waals surface area contributed by atoms with Gasteiger partial charge in [0, 0.05) is 42.0 Å². The molecule has 1 amide bonds. The molecular formula is C8H15IN2O2. The van der Waals surface area contributed by atoms with Crippen LogP contribution in [0, 0.1) is 0 Å². The number of ether oxygens (including phenoxy) is 1. The van der Waals surface area contributed by atoms with Crippen molar-refractivity contribution in [2.75, 3.05) is 19.7 Å². The Balaban J connectivity index is 2.37. The van der Waals surface area contributed by atoms with Gasteiger partial charge in [-0.3, -0.25) is 4.79 Å². The fourth-order valence-electron chi connectivity index (χ4n) is 1.15. The van der Waals surface area contributed by atoms with Crippen molar-refractivity contribution in [3.63, 3.8) is 0 Å². The monoisotopic (exact) mass is 298 g/mol. The molecule has 1 aliphatic heterocycles. The molecule has 1 rings (SSSR count). The average Bonchev–Trinajstić information content (AvgIpc) is 2.03. The number of carbonyl (C=O) groups excluding carboxylic acids is 1. The minimum atomic E-state index is -0.298. The summed E-state index contributed by atoms with van der Waals surface area (Å²) in [7, 11) is 0. The van der Waals surface area contributed by atoms with Gasteiger partial charge in [0.2, 0.25) is 0 Å². The van der Waals surface area contributed by atoms with Crippen LogP contribution in [0.5, 0.6) is 0 Å². The maximum absolute atomic E-state index is 11.5. The minimum Gasteiger partial charge on any atom is -0.366 e. The highest BCUT2D eigenvalue weighted by Crippen LogP contribution is 2.09. The van der Waals surface area contributed by atoms with Gasteiger partial charge >= 0.3 is 0 Å². The fraction of sp³-hybridized carbons (Fsp3) is 0.875. The van der Waals surface area contributed by atoms with Gasteiger partial charge in [-0.15, -0.1) is 0 Å². The van der Waals surface area contributed by atoms with E-state index >= 15 is 0 Å². The summed E-state index contributed by atoms with van der Waals surface area (Å²) in [6, 6.07) is 0.181. The Morgan fingerprint density at radius 1 is 1.69 bits per heavy atom. The van der Waals surface area contributed by atoms with E-state index in [0.29, 0.717) is 13.2 Å². The van der Waals surface area contributed by atoms with Crippen LogP contribution in [0.3, 0.4) is 0 Å². The van der Waals surface area contributed by atoms with Gasteiger partial charge in [-0.2, -0.15) is 0 Å². The van der Waals surface area contributed by atoms with Gasteiger partial charge in [0.15, 0.2) is 0 Å². The van der Waals surface area contributed by atoms with Crippen molar-refractivity contribution in [1.82, 2.24) is 8.43 Å². The summed E-state index contributed by atoms with van der Waals surface area (Å²) in [5.41, 5.74) is 0. The van der Waals surface area contributed by atoms with Crippen LogP contribution in [0.25, 0.3) is 0 Å². The standard InChI is InChI=1S/C8H15IN2O2/c1-6(2)10-8(12)7-5-11(9)3-4-13-7/h6-7H,3-5H2,1-2H3,(H,10,12)/t7-/m1/s1. The van der Waals surface area contributed by atoms with Gasteiger partial charge in [-0.25, -0.2) is 3.11 Å². The van der Waals surface area contributed by atoms with Gasteiger partial charge < -0.3 is 10.1 Å². The second kappa shape index (κ2) is 5.11. The zero-order valence-corrected chi connectivity index (χ0v) is 10.1. The largest absolute Gasteiger partial charge is 0.366 e. The first-order valence-corrected chi connectivity index (χ1v) is 5.39. The summed E-state index contributed by atoms with van der Waals surface area (Å²) in [6.07, 6.45) is -0.298. The summed E-state index contributed by atoms with van der Waals surface area (Å²) in [5.74, 6) is -0.00336. The highest BCUT2D eigenvalue weighted by atomic mass is 127. The van der Waals surface area contributed by atoms with Crippen molar-refractivity contribution in [1.29, 1.82) is 0 Å². The predicted molar refractivity (Wildman–Crippen MR) is 58.6 cm³/mol. The predicted octanol–water partition coefficient (Wildman–Crippen LogP) is 0.562. The van der Waals surface area contributed by atoms with E-state index in [-0.39, 0.29) is 18.1 Å². The average molecular weight is 298 g/mol. The summed E-state index contributed by atoms with van der Waals surface area (Å²) in [5, 5.41) is 2.84. The van der Waals surface area contributed by atoms with E-state index in [1.165, 1.54) is 0 Å². The molecule has 1 saturated heterocycles. The van der Waals surface area contributed by atoms with Gasteiger partial charge in [-0.1, -0.05) is 0 Å². The third-order valence-corrected chi connectivity index (χ3v) is 2.62. The van der Waals surface area contributed by atoms with Crippen molar-refractivity contribution in [2.24, 2.45) is 0 Å². The molecule has 1 N–H and O–H groups in total. The van der Waals surface area contributed by atoms with E-state index in [9.17, 15) is 4.79 Å². The second-order valence-corrected chi connectivity index (χ2v) is 4.76. The summed E-state index contributed by atoms with van der Waals surface area (Å²) in [6.45, 7) is 6.11. The second-order valence-electron chi connectivity index (χ2n) is 3.39. The molecule has 0 aromatic carbocycles. The maximum atomic E-state index is 11.5. The number of halogens is 1. The van der Waals surface area contributed by atoms with Crippen LogP contribution in [0.1, 0.15) is 13.8 Å². The number of morpholine rings is 1.